The van der Waals surface area contributed by atoms with Gasteiger partial charge in [-0.2, -0.15) is 0 Å². The monoisotopic (exact) mass is 347 g/mol. The summed E-state index contributed by atoms with van der Waals surface area (Å²) in [6.45, 7) is 1.95. The zero-order chi connectivity index (χ0) is 14.8. The van der Waals surface area contributed by atoms with E-state index in [2.05, 4.69) is 31.4 Å². The second kappa shape index (κ2) is 5.53. The number of anilines is 1. The Morgan fingerprint density at radius 3 is 2.52 bits per heavy atom. The van der Waals surface area contributed by atoms with Gasteiger partial charge in [-0.05, 0) is 47.1 Å². The second-order valence-corrected chi connectivity index (χ2v) is 5.12. The molecule has 7 heteroatoms. The minimum absolute atomic E-state index is 0.0168. The first-order chi connectivity index (χ1) is 10.1. The third kappa shape index (κ3) is 3.03. The zero-order valence-corrected chi connectivity index (χ0v) is 12.5. The molecule has 3 aromatic rings. The van der Waals surface area contributed by atoms with E-state index < -0.39 is 0 Å². The first-order valence-corrected chi connectivity index (χ1v) is 6.88. The van der Waals surface area contributed by atoms with E-state index in [1.807, 2.05) is 19.1 Å². The summed E-state index contributed by atoms with van der Waals surface area (Å²) < 4.78 is 11.2. The Balaban J connectivity index is 1.75. The van der Waals surface area contributed by atoms with Gasteiger partial charge in [-0.15, -0.1) is 5.10 Å². The summed E-state index contributed by atoms with van der Waals surface area (Å²) >= 11 is 3.19. The molecular formula is C14H10BrN3O3. The van der Waals surface area contributed by atoms with Crippen LogP contribution in [-0.4, -0.2) is 16.1 Å². The van der Waals surface area contributed by atoms with E-state index in [0.717, 1.165) is 5.56 Å². The Kier molecular flexibility index (Phi) is 3.57. The molecule has 0 spiro atoms. The third-order valence-electron chi connectivity index (χ3n) is 2.74. The number of aromatic nitrogens is 2. The lowest BCUT2D eigenvalue weighted by Crippen LogP contribution is -2.11. The molecule has 0 fully saturated rings. The molecule has 0 saturated heterocycles. The molecule has 2 heterocycles. The standard InChI is InChI=1S/C14H10BrN3O3/c1-8-2-4-9(5-3-8)12(19)16-14-18-17-13(21-14)10-6-7-11(15)20-10/h2-7H,1H3,(H,16,18,19). The van der Waals surface area contributed by atoms with Crippen molar-refractivity contribution in [2.24, 2.45) is 0 Å². The summed E-state index contributed by atoms with van der Waals surface area (Å²) in [6.07, 6.45) is 0. The van der Waals surface area contributed by atoms with Crippen molar-refractivity contribution >= 4 is 27.9 Å². The van der Waals surface area contributed by atoms with Crippen molar-refractivity contribution in [2.75, 3.05) is 5.32 Å². The van der Waals surface area contributed by atoms with Gasteiger partial charge in [0.2, 0.25) is 0 Å². The average molecular weight is 348 g/mol. The predicted molar refractivity (Wildman–Crippen MR) is 78.8 cm³/mol. The molecule has 0 radical (unpaired) electrons. The Hall–Kier alpha value is -2.41. The summed E-state index contributed by atoms with van der Waals surface area (Å²) in [4.78, 5) is 12.0. The first-order valence-electron chi connectivity index (χ1n) is 6.09. The van der Waals surface area contributed by atoms with Crippen molar-refractivity contribution in [3.63, 3.8) is 0 Å². The van der Waals surface area contributed by atoms with E-state index in [1.165, 1.54) is 0 Å². The fourth-order valence-corrected chi connectivity index (χ4v) is 1.98. The van der Waals surface area contributed by atoms with Crippen molar-refractivity contribution in [1.82, 2.24) is 10.2 Å². The van der Waals surface area contributed by atoms with Gasteiger partial charge in [0.25, 0.3) is 11.8 Å². The molecule has 21 heavy (non-hydrogen) atoms. The lowest BCUT2D eigenvalue weighted by Gasteiger charge is -2.00. The normalized spacial score (nSPS) is 10.6. The molecule has 106 valence electrons. The maximum absolute atomic E-state index is 12.0. The number of aryl methyl sites for hydroxylation is 1. The van der Waals surface area contributed by atoms with Crippen LogP contribution >= 0.6 is 15.9 Å². The lowest BCUT2D eigenvalue weighted by atomic mass is 10.1. The molecule has 0 bridgehead atoms. The van der Waals surface area contributed by atoms with Crippen LogP contribution in [0, 0.1) is 6.92 Å². The molecule has 3 rings (SSSR count). The van der Waals surface area contributed by atoms with Crippen LogP contribution < -0.4 is 5.32 Å². The molecule has 0 aliphatic rings. The fraction of sp³-hybridized carbons (Fsp3) is 0.0714. The van der Waals surface area contributed by atoms with E-state index in [9.17, 15) is 4.79 Å². The van der Waals surface area contributed by atoms with Gasteiger partial charge in [-0.25, -0.2) is 0 Å². The second-order valence-electron chi connectivity index (χ2n) is 4.34. The minimum Gasteiger partial charge on any atom is -0.444 e. The largest absolute Gasteiger partial charge is 0.444 e. The number of benzene rings is 1. The quantitative estimate of drug-likeness (QED) is 0.781. The number of rotatable bonds is 3. The number of nitrogens with zero attached hydrogens (tertiary/aromatic N) is 2. The zero-order valence-electron chi connectivity index (χ0n) is 11.0. The maximum atomic E-state index is 12.0. The topological polar surface area (TPSA) is 81.2 Å². The van der Waals surface area contributed by atoms with Crippen molar-refractivity contribution in [3.8, 4) is 11.7 Å². The van der Waals surface area contributed by atoms with E-state index in [-0.39, 0.29) is 17.8 Å². The summed E-state index contributed by atoms with van der Waals surface area (Å²) in [5.41, 5.74) is 1.59. The summed E-state index contributed by atoms with van der Waals surface area (Å²) in [6, 6.07) is 10.6. The Bertz CT molecular complexity index is 777. The Labute approximate surface area is 128 Å². The number of hydrogen-bond donors (Lipinski definition) is 1. The van der Waals surface area contributed by atoms with E-state index in [0.29, 0.717) is 16.0 Å². The summed E-state index contributed by atoms with van der Waals surface area (Å²) in [5, 5.41) is 10.1. The minimum atomic E-state index is -0.314. The molecule has 1 amide bonds. The van der Waals surface area contributed by atoms with Crippen molar-refractivity contribution in [2.45, 2.75) is 6.92 Å². The van der Waals surface area contributed by atoms with Gasteiger partial charge in [0.15, 0.2) is 10.4 Å². The highest BCUT2D eigenvalue weighted by atomic mass is 79.9. The highest BCUT2D eigenvalue weighted by molar-refractivity contribution is 9.10. The lowest BCUT2D eigenvalue weighted by molar-refractivity contribution is 0.102. The number of halogens is 1. The van der Waals surface area contributed by atoms with Crippen LogP contribution in [0.15, 0.2) is 49.9 Å². The molecule has 0 atom stereocenters. The fourth-order valence-electron chi connectivity index (χ4n) is 1.68. The molecule has 0 aliphatic heterocycles. The number of nitrogens with one attached hydrogen (secondary N) is 1. The molecule has 6 nitrogen and oxygen atoms in total. The molecule has 1 aromatic carbocycles. The molecular weight excluding hydrogens is 338 g/mol. The van der Waals surface area contributed by atoms with Gasteiger partial charge >= 0.3 is 6.01 Å². The van der Waals surface area contributed by atoms with Crippen LogP contribution in [0.1, 0.15) is 15.9 Å². The smallest absolute Gasteiger partial charge is 0.322 e. The Morgan fingerprint density at radius 1 is 1.10 bits per heavy atom. The highest BCUT2D eigenvalue weighted by Gasteiger charge is 2.14. The number of furan rings is 1. The summed E-state index contributed by atoms with van der Waals surface area (Å²) in [7, 11) is 0. The van der Waals surface area contributed by atoms with Gasteiger partial charge in [0, 0.05) is 5.56 Å². The van der Waals surface area contributed by atoms with Crippen LogP contribution in [0.3, 0.4) is 0 Å². The van der Waals surface area contributed by atoms with Gasteiger partial charge in [-0.3, -0.25) is 10.1 Å². The van der Waals surface area contributed by atoms with Crippen LogP contribution in [0.5, 0.6) is 0 Å². The van der Waals surface area contributed by atoms with Crippen LogP contribution in [0.25, 0.3) is 11.7 Å². The number of carbonyl (C=O) groups excluding carboxylic acids is 1. The first kappa shape index (κ1) is 13.6. The van der Waals surface area contributed by atoms with Crippen LogP contribution in [0.2, 0.25) is 0 Å². The number of carbonyl (C=O) groups is 1. The van der Waals surface area contributed by atoms with E-state index in [1.54, 1.807) is 24.3 Å². The predicted octanol–water partition coefficient (Wildman–Crippen LogP) is 3.65. The molecule has 2 aromatic heterocycles. The molecule has 0 unspecified atom stereocenters. The SMILES string of the molecule is Cc1ccc(C(=O)Nc2nnc(-c3ccc(Br)o3)o2)cc1. The van der Waals surface area contributed by atoms with Crippen molar-refractivity contribution < 1.29 is 13.6 Å². The van der Waals surface area contributed by atoms with E-state index in [4.69, 9.17) is 8.83 Å². The van der Waals surface area contributed by atoms with Gasteiger partial charge in [0.1, 0.15) is 0 Å². The molecule has 1 N–H and O–H groups in total. The van der Waals surface area contributed by atoms with Crippen LogP contribution in [0.4, 0.5) is 6.01 Å². The molecule has 0 saturated carbocycles. The highest BCUT2D eigenvalue weighted by Crippen LogP contribution is 2.25. The van der Waals surface area contributed by atoms with Gasteiger partial charge in [0.05, 0.1) is 0 Å². The van der Waals surface area contributed by atoms with Crippen LogP contribution in [-0.2, 0) is 0 Å². The number of amides is 1. The third-order valence-corrected chi connectivity index (χ3v) is 3.17. The Morgan fingerprint density at radius 2 is 1.86 bits per heavy atom. The van der Waals surface area contributed by atoms with E-state index >= 15 is 0 Å². The van der Waals surface area contributed by atoms with Gasteiger partial charge in [-0.1, -0.05) is 22.8 Å². The maximum Gasteiger partial charge on any atom is 0.322 e. The van der Waals surface area contributed by atoms with Crippen molar-refractivity contribution in [3.05, 3.63) is 52.2 Å². The van der Waals surface area contributed by atoms with Crippen molar-refractivity contribution in [1.29, 1.82) is 0 Å². The summed E-state index contributed by atoms with van der Waals surface area (Å²) in [5.74, 6) is 0.302. The molecule has 0 aliphatic carbocycles. The average Bonchev–Trinajstić information content (AvgIpc) is 3.08. The number of hydrogen-bond acceptors (Lipinski definition) is 5. The van der Waals surface area contributed by atoms with Gasteiger partial charge < -0.3 is 8.83 Å².